The molecule has 3 aromatic heterocycles. The number of carbonyl (C=O) groups excluding carboxylic acids is 1. The molecule has 1 amide bonds. The number of hydrogen-bond donors (Lipinski definition) is 3. The number of carbonyl (C=O) groups is 1. The quantitative estimate of drug-likeness (QED) is 0.355. The summed E-state index contributed by atoms with van der Waals surface area (Å²) in [5.74, 6) is 1.21. The summed E-state index contributed by atoms with van der Waals surface area (Å²) in [4.78, 5) is 29.1. The third kappa shape index (κ3) is 4.62. The maximum Gasteiger partial charge on any atom is 0.251 e. The molecule has 0 atom stereocenters. The van der Waals surface area contributed by atoms with Crippen molar-refractivity contribution in [3.63, 3.8) is 0 Å². The van der Waals surface area contributed by atoms with Crippen LogP contribution in [-0.2, 0) is 0 Å². The molecule has 180 valence electrons. The molecule has 0 unspecified atom stereocenters. The van der Waals surface area contributed by atoms with Crippen molar-refractivity contribution in [3.8, 4) is 22.8 Å². The Bertz CT molecular complexity index is 1380. The van der Waals surface area contributed by atoms with Crippen LogP contribution in [0, 0.1) is 6.92 Å². The van der Waals surface area contributed by atoms with Gasteiger partial charge < -0.3 is 25.1 Å². The van der Waals surface area contributed by atoms with E-state index in [0.29, 0.717) is 34.5 Å². The second-order valence-electron chi connectivity index (χ2n) is 8.67. The first-order chi connectivity index (χ1) is 17.1. The van der Waals surface area contributed by atoms with Crippen LogP contribution in [0.1, 0.15) is 41.6 Å². The molecule has 0 aliphatic heterocycles. The molecule has 0 spiro atoms. The number of amides is 1. The number of fused-ring (bicyclic) bond motifs is 1. The Kier molecular flexibility index (Phi) is 6.22. The van der Waals surface area contributed by atoms with Crippen molar-refractivity contribution in [2.24, 2.45) is 0 Å². The minimum atomic E-state index is -0.190. The van der Waals surface area contributed by atoms with Crippen LogP contribution in [0.25, 0.3) is 22.2 Å². The van der Waals surface area contributed by atoms with Gasteiger partial charge in [-0.25, -0.2) is 0 Å². The number of aromatic nitrogens is 4. The normalized spacial score (nSPS) is 13.7. The maximum atomic E-state index is 12.0. The number of aromatic amines is 1. The number of rotatable bonds is 7. The van der Waals surface area contributed by atoms with Crippen LogP contribution in [0.3, 0.4) is 0 Å². The topological polar surface area (TPSA) is 114 Å². The third-order valence-corrected chi connectivity index (χ3v) is 6.20. The van der Waals surface area contributed by atoms with E-state index in [1.54, 1.807) is 32.4 Å². The van der Waals surface area contributed by atoms with E-state index in [2.05, 4.69) is 26.7 Å². The molecule has 1 aliphatic rings. The summed E-state index contributed by atoms with van der Waals surface area (Å²) >= 11 is 0. The fourth-order valence-corrected chi connectivity index (χ4v) is 4.44. The first-order valence-corrected chi connectivity index (χ1v) is 11.7. The number of nitrogens with zero attached hydrogens (tertiary/aromatic N) is 3. The molecule has 3 N–H and O–H groups in total. The van der Waals surface area contributed by atoms with Crippen molar-refractivity contribution in [2.75, 3.05) is 19.5 Å². The van der Waals surface area contributed by atoms with Crippen LogP contribution >= 0.6 is 0 Å². The third-order valence-electron chi connectivity index (χ3n) is 6.20. The highest BCUT2D eigenvalue weighted by molar-refractivity contribution is 5.98. The molecule has 0 radical (unpaired) electrons. The van der Waals surface area contributed by atoms with Crippen molar-refractivity contribution >= 4 is 28.6 Å². The first kappa shape index (κ1) is 22.6. The Balaban J connectivity index is 1.56. The zero-order valence-corrected chi connectivity index (χ0v) is 20.0. The number of anilines is 2. The number of H-pyrrole nitrogens is 1. The van der Waals surface area contributed by atoms with Crippen molar-refractivity contribution in [1.82, 2.24) is 25.3 Å². The fourth-order valence-electron chi connectivity index (χ4n) is 4.44. The molecule has 1 aliphatic carbocycles. The molecular weight excluding hydrogens is 444 g/mol. The Labute approximate surface area is 203 Å². The van der Waals surface area contributed by atoms with Crippen molar-refractivity contribution < 1.29 is 14.3 Å². The molecule has 0 bridgehead atoms. The smallest absolute Gasteiger partial charge is 0.251 e. The lowest BCUT2D eigenvalue weighted by Gasteiger charge is -2.16. The number of methoxy groups -OCH3 is 1. The standard InChI is InChI=1S/C26H28N6O3/c1-15-10-17(13-28-12-15)19-14-29-23-22(19)25(35-18-6-4-5-7-18)32-26(31-23)30-20-9-8-16(24(33)27-2)11-21(20)34-3/h8-14,18H,4-7H2,1-3H3,(H,27,33)(H2,29,30,31,32). The van der Waals surface area contributed by atoms with E-state index in [9.17, 15) is 4.79 Å². The van der Waals surface area contributed by atoms with E-state index in [0.717, 1.165) is 47.8 Å². The van der Waals surface area contributed by atoms with Crippen LogP contribution in [0.5, 0.6) is 11.6 Å². The average molecular weight is 473 g/mol. The van der Waals surface area contributed by atoms with E-state index in [1.807, 2.05) is 25.5 Å². The lowest BCUT2D eigenvalue weighted by molar-refractivity contribution is 0.0962. The molecule has 35 heavy (non-hydrogen) atoms. The first-order valence-electron chi connectivity index (χ1n) is 11.7. The van der Waals surface area contributed by atoms with E-state index < -0.39 is 0 Å². The van der Waals surface area contributed by atoms with Crippen LogP contribution in [0.2, 0.25) is 0 Å². The summed E-state index contributed by atoms with van der Waals surface area (Å²) in [6.45, 7) is 2.02. The van der Waals surface area contributed by atoms with Crippen molar-refractivity contribution in [2.45, 2.75) is 38.7 Å². The van der Waals surface area contributed by atoms with E-state index in [1.165, 1.54) is 0 Å². The van der Waals surface area contributed by atoms with Gasteiger partial charge in [-0.1, -0.05) is 0 Å². The van der Waals surface area contributed by atoms with Gasteiger partial charge in [-0.3, -0.25) is 9.78 Å². The van der Waals surface area contributed by atoms with Crippen LogP contribution in [0.15, 0.2) is 42.9 Å². The van der Waals surface area contributed by atoms with Gasteiger partial charge in [0.25, 0.3) is 5.91 Å². The number of nitrogens with one attached hydrogen (secondary N) is 3. The van der Waals surface area contributed by atoms with Gasteiger partial charge in [-0.15, -0.1) is 0 Å². The van der Waals surface area contributed by atoms with Gasteiger partial charge in [0.1, 0.15) is 17.5 Å². The highest BCUT2D eigenvalue weighted by Gasteiger charge is 2.23. The maximum absolute atomic E-state index is 12.0. The molecular formula is C26H28N6O3. The Morgan fingerprint density at radius 2 is 1.97 bits per heavy atom. The number of pyridine rings is 1. The largest absolute Gasteiger partial charge is 0.495 e. The van der Waals surface area contributed by atoms with Gasteiger partial charge in [-0.2, -0.15) is 9.97 Å². The molecule has 1 fully saturated rings. The molecule has 9 heteroatoms. The van der Waals surface area contributed by atoms with Gasteiger partial charge in [-0.05, 0) is 62.4 Å². The van der Waals surface area contributed by atoms with E-state index in [4.69, 9.17) is 19.4 Å². The zero-order valence-electron chi connectivity index (χ0n) is 20.0. The summed E-state index contributed by atoms with van der Waals surface area (Å²) < 4.78 is 11.9. The van der Waals surface area contributed by atoms with Gasteiger partial charge in [0, 0.05) is 42.3 Å². The summed E-state index contributed by atoms with van der Waals surface area (Å²) in [6.07, 6.45) is 10.0. The van der Waals surface area contributed by atoms with E-state index >= 15 is 0 Å². The molecule has 3 heterocycles. The Morgan fingerprint density at radius 1 is 1.14 bits per heavy atom. The Hall–Kier alpha value is -4.14. The second kappa shape index (κ2) is 9.61. The predicted octanol–water partition coefficient (Wildman–Crippen LogP) is 4.76. The highest BCUT2D eigenvalue weighted by Crippen LogP contribution is 2.37. The SMILES string of the molecule is CNC(=O)c1ccc(Nc2nc(OC3CCCC3)c3c(-c4cncc(C)c4)c[nH]c3n2)c(OC)c1. The molecule has 1 aromatic carbocycles. The van der Waals surface area contributed by atoms with Gasteiger partial charge >= 0.3 is 0 Å². The molecule has 1 saturated carbocycles. The predicted molar refractivity (Wildman–Crippen MR) is 134 cm³/mol. The summed E-state index contributed by atoms with van der Waals surface area (Å²) in [6, 6.07) is 7.25. The summed E-state index contributed by atoms with van der Waals surface area (Å²) in [5.41, 5.74) is 4.79. The molecule has 4 aromatic rings. The number of aryl methyl sites for hydroxylation is 1. The minimum absolute atomic E-state index is 0.126. The zero-order chi connectivity index (χ0) is 24.4. The minimum Gasteiger partial charge on any atom is -0.495 e. The highest BCUT2D eigenvalue weighted by atomic mass is 16.5. The molecule has 0 saturated heterocycles. The lowest BCUT2D eigenvalue weighted by Crippen LogP contribution is -2.17. The fraction of sp³-hybridized carbons (Fsp3) is 0.308. The monoisotopic (exact) mass is 472 g/mol. The second-order valence-corrected chi connectivity index (χ2v) is 8.67. The summed E-state index contributed by atoms with van der Waals surface area (Å²) in [7, 11) is 3.15. The molecule has 9 nitrogen and oxygen atoms in total. The van der Waals surface area contributed by atoms with Gasteiger partial charge in [0.05, 0.1) is 18.2 Å². The lowest BCUT2D eigenvalue weighted by atomic mass is 10.1. The number of benzene rings is 1. The van der Waals surface area contributed by atoms with Crippen molar-refractivity contribution in [3.05, 3.63) is 54.0 Å². The van der Waals surface area contributed by atoms with Crippen molar-refractivity contribution in [1.29, 1.82) is 0 Å². The van der Waals surface area contributed by atoms with Crippen LogP contribution in [0.4, 0.5) is 11.6 Å². The molecule has 5 rings (SSSR count). The van der Waals surface area contributed by atoms with Gasteiger partial charge in [0.2, 0.25) is 11.8 Å². The van der Waals surface area contributed by atoms with E-state index in [-0.39, 0.29) is 12.0 Å². The van der Waals surface area contributed by atoms with Gasteiger partial charge in [0.15, 0.2) is 0 Å². The van der Waals surface area contributed by atoms with Crippen LogP contribution < -0.4 is 20.1 Å². The number of ether oxygens (including phenoxy) is 2. The Morgan fingerprint density at radius 3 is 2.71 bits per heavy atom. The summed E-state index contributed by atoms with van der Waals surface area (Å²) in [5, 5.41) is 6.68. The average Bonchev–Trinajstić information content (AvgIpc) is 3.54. The number of hydrogen-bond acceptors (Lipinski definition) is 7. The van der Waals surface area contributed by atoms with Crippen LogP contribution in [-0.4, -0.2) is 46.1 Å².